The lowest BCUT2D eigenvalue weighted by Gasteiger charge is -2.16. The van der Waals surface area contributed by atoms with Gasteiger partial charge in [-0.1, -0.05) is 30.3 Å². The highest BCUT2D eigenvalue weighted by atomic mass is 16.5. The number of hydrogen-bond donors (Lipinski definition) is 1. The standard InChI is InChI=1S/C11H15NO/c12-8-9-13-11(6-7-11)10-4-2-1-3-5-10/h1-5H,6-9,12H2. The van der Waals surface area contributed by atoms with Gasteiger partial charge in [0.25, 0.3) is 0 Å². The van der Waals surface area contributed by atoms with Gasteiger partial charge < -0.3 is 10.5 Å². The van der Waals surface area contributed by atoms with Crippen LogP contribution in [0.3, 0.4) is 0 Å². The second-order valence-corrected chi connectivity index (χ2v) is 3.50. The molecule has 2 rings (SSSR count). The third-order valence-electron chi connectivity index (χ3n) is 2.50. The van der Waals surface area contributed by atoms with Crippen molar-refractivity contribution in [3.05, 3.63) is 35.9 Å². The van der Waals surface area contributed by atoms with E-state index in [2.05, 4.69) is 24.3 Å². The van der Waals surface area contributed by atoms with Crippen molar-refractivity contribution in [3.8, 4) is 0 Å². The summed E-state index contributed by atoms with van der Waals surface area (Å²) in [6, 6.07) is 10.4. The summed E-state index contributed by atoms with van der Waals surface area (Å²) in [6.07, 6.45) is 2.27. The first kappa shape index (κ1) is 8.73. The molecule has 1 aromatic carbocycles. The fraction of sp³-hybridized carbons (Fsp3) is 0.455. The molecule has 1 aromatic rings. The van der Waals surface area contributed by atoms with Gasteiger partial charge in [0.05, 0.1) is 12.2 Å². The van der Waals surface area contributed by atoms with Crippen molar-refractivity contribution in [3.63, 3.8) is 0 Å². The molecule has 1 fully saturated rings. The normalized spacial score (nSPS) is 18.5. The Kier molecular flexibility index (Phi) is 2.34. The van der Waals surface area contributed by atoms with E-state index in [0.29, 0.717) is 13.2 Å². The highest BCUT2D eigenvalue weighted by Crippen LogP contribution is 2.48. The minimum atomic E-state index is 0.0145. The van der Waals surface area contributed by atoms with Crippen molar-refractivity contribution in [1.82, 2.24) is 0 Å². The van der Waals surface area contributed by atoms with E-state index in [9.17, 15) is 0 Å². The number of ether oxygens (including phenoxy) is 1. The average Bonchev–Trinajstić information content (AvgIpc) is 2.97. The minimum absolute atomic E-state index is 0.0145. The molecule has 13 heavy (non-hydrogen) atoms. The van der Waals surface area contributed by atoms with Crippen LogP contribution in [0, 0.1) is 0 Å². The second kappa shape index (κ2) is 3.48. The Labute approximate surface area is 78.7 Å². The maximum Gasteiger partial charge on any atom is 0.0934 e. The van der Waals surface area contributed by atoms with Crippen LogP contribution in [-0.4, -0.2) is 13.2 Å². The van der Waals surface area contributed by atoms with Crippen LogP contribution in [0.5, 0.6) is 0 Å². The maximum absolute atomic E-state index is 5.75. The molecule has 0 aromatic heterocycles. The fourth-order valence-electron chi connectivity index (χ4n) is 1.63. The van der Waals surface area contributed by atoms with Crippen molar-refractivity contribution in [2.24, 2.45) is 5.73 Å². The summed E-state index contributed by atoms with van der Waals surface area (Å²) >= 11 is 0. The van der Waals surface area contributed by atoms with Gasteiger partial charge in [0.1, 0.15) is 0 Å². The molecule has 0 saturated heterocycles. The van der Waals surface area contributed by atoms with Crippen LogP contribution < -0.4 is 5.73 Å². The van der Waals surface area contributed by atoms with Gasteiger partial charge >= 0.3 is 0 Å². The third kappa shape index (κ3) is 1.74. The van der Waals surface area contributed by atoms with Crippen LogP contribution in [0.1, 0.15) is 18.4 Å². The minimum Gasteiger partial charge on any atom is -0.369 e. The molecule has 0 aliphatic heterocycles. The molecule has 0 unspecified atom stereocenters. The van der Waals surface area contributed by atoms with Gasteiger partial charge in [0.15, 0.2) is 0 Å². The zero-order chi connectivity index (χ0) is 9.15. The summed E-state index contributed by atoms with van der Waals surface area (Å²) in [5.41, 5.74) is 6.73. The monoisotopic (exact) mass is 177 g/mol. The Morgan fingerprint density at radius 1 is 1.23 bits per heavy atom. The van der Waals surface area contributed by atoms with Crippen LogP contribution in [0.25, 0.3) is 0 Å². The predicted molar refractivity (Wildman–Crippen MR) is 52.4 cm³/mol. The summed E-state index contributed by atoms with van der Waals surface area (Å²) in [7, 11) is 0. The molecule has 0 bridgehead atoms. The molecule has 1 aliphatic rings. The smallest absolute Gasteiger partial charge is 0.0934 e. The van der Waals surface area contributed by atoms with E-state index in [1.54, 1.807) is 0 Å². The predicted octanol–water partition coefficient (Wildman–Crippen LogP) is 1.65. The lowest BCUT2D eigenvalue weighted by atomic mass is 10.1. The second-order valence-electron chi connectivity index (χ2n) is 3.50. The van der Waals surface area contributed by atoms with Crippen molar-refractivity contribution < 1.29 is 4.74 Å². The van der Waals surface area contributed by atoms with Crippen molar-refractivity contribution >= 4 is 0 Å². The first-order chi connectivity index (χ1) is 6.37. The summed E-state index contributed by atoms with van der Waals surface area (Å²) in [4.78, 5) is 0. The summed E-state index contributed by atoms with van der Waals surface area (Å²) < 4.78 is 5.75. The topological polar surface area (TPSA) is 35.2 Å². The van der Waals surface area contributed by atoms with Gasteiger partial charge in [0.2, 0.25) is 0 Å². The molecule has 2 nitrogen and oxygen atoms in total. The largest absolute Gasteiger partial charge is 0.369 e. The highest BCUT2D eigenvalue weighted by molar-refractivity contribution is 5.27. The molecule has 1 saturated carbocycles. The molecule has 0 heterocycles. The van der Waals surface area contributed by atoms with Gasteiger partial charge in [-0.2, -0.15) is 0 Å². The van der Waals surface area contributed by atoms with Crippen LogP contribution in [0.2, 0.25) is 0 Å². The molecular weight excluding hydrogens is 162 g/mol. The number of benzene rings is 1. The van der Waals surface area contributed by atoms with Crippen molar-refractivity contribution in [2.45, 2.75) is 18.4 Å². The van der Waals surface area contributed by atoms with Gasteiger partial charge in [-0.05, 0) is 18.4 Å². The molecule has 0 amide bonds. The first-order valence-electron chi connectivity index (χ1n) is 4.77. The molecule has 0 atom stereocenters. The van der Waals surface area contributed by atoms with Crippen LogP contribution in [0.4, 0.5) is 0 Å². The average molecular weight is 177 g/mol. The van der Waals surface area contributed by atoms with Crippen LogP contribution in [-0.2, 0) is 10.3 Å². The molecule has 2 heteroatoms. The molecular formula is C11H15NO. The van der Waals surface area contributed by atoms with Gasteiger partial charge in [-0.25, -0.2) is 0 Å². The Bertz CT molecular complexity index is 267. The van der Waals surface area contributed by atoms with E-state index in [4.69, 9.17) is 10.5 Å². The summed E-state index contributed by atoms with van der Waals surface area (Å²) in [6.45, 7) is 1.27. The van der Waals surface area contributed by atoms with E-state index in [1.165, 1.54) is 5.56 Å². The first-order valence-corrected chi connectivity index (χ1v) is 4.77. The van der Waals surface area contributed by atoms with Gasteiger partial charge in [-0.15, -0.1) is 0 Å². The number of rotatable bonds is 4. The maximum atomic E-state index is 5.75. The van der Waals surface area contributed by atoms with Gasteiger partial charge in [0, 0.05) is 6.54 Å². The zero-order valence-corrected chi connectivity index (χ0v) is 7.70. The number of nitrogens with two attached hydrogens (primary N) is 1. The van der Waals surface area contributed by atoms with Crippen LogP contribution in [0.15, 0.2) is 30.3 Å². The molecule has 1 aliphatic carbocycles. The van der Waals surface area contributed by atoms with E-state index < -0.39 is 0 Å². The van der Waals surface area contributed by atoms with E-state index in [-0.39, 0.29) is 5.60 Å². The molecule has 0 spiro atoms. The summed E-state index contributed by atoms with van der Waals surface area (Å²) in [5, 5.41) is 0. The zero-order valence-electron chi connectivity index (χ0n) is 7.70. The molecule has 0 radical (unpaired) electrons. The van der Waals surface area contributed by atoms with Crippen LogP contribution >= 0.6 is 0 Å². The molecule has 2 N–H and O–H groups in total. The quantitative estimate of drug-likeness (QED) is 0.759. The highest BCUT2D eigenvalue weighted by Gasteiger charge is 2.45. The van der Waals surface area contributed by atoms with Crippen molar-refractivity contribution in [2.75, 3.05) is 13.2 Å². The number of hydrogen-bond acceptors (Lipinski definition) is 2. The Balaban J connectivity index is 2.07. The Morgan fingerprint density at radius 3 is 2.46 bits per heavy atom. The van der Waals surface area contributed by atoms with E-state index in [1.807, 2.05) is 6.07 Å². The third-order valence-corrected chi connectivity index (χ3v) is 2.50. The van der Waals surface area contributed by atoms with E-state index >= 15 is 0 Å². The Morgan fingerprint density at radius 2 is 1.92 bits per heavy atom. The molecule has 70 valence electrons. The Hall–Kier alpha value is -0.860. The lowest BCUT2D eigenvalue weighted by molar-refractivity contribution is 0.0356. The lowest BCUT2D eigenvalue weighted by Crippen LogP contribution is -2.17. The van der Waals surface area contributed by atoms with Crippen molar-refractivity contribution in [1.29, 1.82) is 0 Å². The SMILES string of the molecule is NCCOC1(c2ccccc2)CC1. The fourth-order valence-corrected chi connectivity index (χ4v) is 1.63. The van der Waals surface area contributed by atoms with E-state index in [0.717, 1.165) is 12.8 Å². The summed E-state index contributed by atoms with van der Waals surface area (Å²) in [5.74, 6) is 0. The van der Waals surface area contributed by atoms with Gasteiger partial charge in [-0.3, -0.25) is 0 Å².